The average Bonchev–Trinajstić information content (AvgIpc) is 1.82. The first kappa shape index (κ1) is 10.4. The van der Waals surface area contributed by atoms with Gasteiger partial charge in [0.2, 0.25) is 0 Å². The highest BCUT2D eigenvalue weighted by Crippen LogP contribution is 2.20. The molecule has 0 heterocycles. The number of hydrogen-bond donors (Lipinski definition) is 1. The fraction of sp³-hybridized carbons (Fsp3) is 0.600. The van der Waals surface area contributed by atoms with E-state index in [-0.39, 0.29) is 0 Å². The SMILES string of the molecule is C=CC(C)C(=C)CC(C)(C)O. The summed E-state index contributed by atoms with van der Waals surface area (Å²) in [7, 11) is 0. The van der Waals surface area contributed by atoms with Crippen LogP contribution in [0.3, 0.4) is 0 Å². The average molecular weight is 154 g/mol. The van der Waals surface area contributed by atoms with Crippen molar-refractivity contribution < 1.29 is 5.11 Å². The summed E-state index contributed by atoms with van der Waals surface area (Å²) >= 11 is 0. The van der Waals surface area contributed by atoms with E-state index >= 15 is 0 Å². The molecule has 0 aromatic rings. The lowest BCUT2D eigenvalue weighted by Gasteiger charge is -2.20. The van der Waals surface area contributed by atoms with E-state index in [4.69, 9.17) is 0 Å². The molecule has 0 amide bonds. The van der Waals surface area contributed by atoms with Crippen LogP contribution in [0.25, 0.3) is 0 Å². The standard InChI is InChI=1S/C10H18O/c1-6-8(2)9(3)7-10(4,5)11/h6,8,11H,1,3,7H2,2,4-5H3. The maximum atomic E-state index is 9.44. The van der Waals surface area contributed by atoms with E-state index in [0.29, 0.717) is 12.3 Å². The summed E-state index contributed by atoms with van der Waals surface area (Å²) in [4.78, 5) is 0. The number of allylic oxidation sites excluding steroid dienone is 1. The van der Waals surface area contributed by atoms with E-state index in [1.165, 1.54) is 0 Å². The van der Waals surface area contributed by atoms with Gasteiger partial charge in [-0.3, -0.25) is 0 Å². The summed E-state index contributed by atoms with van der Waals surface area (Å²) in [6, 6.07) is 0. The molecule has 0 aromatic heterocycles. The summed E-state index contributed by atoms with van der Waals surface area (Å²) in [5, 5.41) is 9.44. The first-order valence-electron chi connectivity index (χ1n) is 3.89. The zero-order chi connectivity index (χ0) is 9.07. The van der Waals surface area contributed by atoms with Crippen LogP contribution in [0, 0.1) is 5.92 Å². The molecule has 11 heavy (non-hydrogen) atoms. The van der Waals surface area contributed by atoms with Crippen molar-refractivity contribution in [3.8, 4) is 0 Å². The molecule has 1 heteroatoms. The van der Waals surface area contributed by atoms with Crippen LogP contribution in [0.4, 0.5) is 0 Å². The first-order chi connectivity index (χ1) is 4.87. The molecule has 0 saturated heterocycles. The third-order valence-electron chi connectivity index (χ3n) is 1.66. The van der Waals surface area contributed by atoms with Crippen molar-refractivity contribution in [2.45, 2.75) is 32.8 Å². The predicted molar refractivity (Wildman–Crippen MR) is 49.4 cm³/mol. The molecular weight excluding hydrogens is 136 g/mol. The molecule has 0 radical (unpaired) electrons. The maximum absolute atomic E-state index is 9.44. The minimum absolute atomic E-state index is 0.293. The zero-order valence-corrected chi connectivity index (χ0v) is 7.72. The molecular formula is C10H18O. The minimum atomic E-state index is -0.644. The number of rotatable bonds is 4. The highest BCUT2D eigenvalue weighted by molar-refractivity contribution is 5.08. The van der Waals surface area contributed by atoms with Gasteiger partial charge in [0, 0.05) is 0 Å². The molecule has 0 bridgehead atoms. The molecule has 1 N–H and O–H groups in total. The lowest BCUT2D eigenvalue weighted by Crippen LogP contribution is -2.20. The lowest BCUT2D eigenvalue weighted by atomic mass is 9.92. The van der Waals surface area contributed by atoms with Gasteiger partial charge in [0.25, 0.3) is 0 Å². The fourth-order valence-electron chi connectivity index (χ4n) is 0.883. The Hall–Kier alpha value is -0.560. The predicted octanol–water partition coefficient (Wildman–Crippen LogP) is 2.53. The van der Waals surface area contributed by atoms with Crippen LogP contribution in [0.15, 0.2) is 24.8 Å². The van der Waals surface area contributed by atoms with Gasteiger partial charge >= 0.3 is 0 Å². The van der Waals surface area contributed by atoms with E-state index in [2.05, 4.69) is 13.2 Å². The molecule has 0 aromatic carbocycles. The van der Waals surface area contributed by atoms with E-state index in [0.717, 1.165) is 5.57 Å². The van der Waals surface area contributed by atoms with Crippen molar-refractivity contribution in [3.63, 3.8) is 0 Å². The fourth-order valence-corrected chi connectivity index (χ4v) is 0.883. The Balaban J connectivity index is 3.98. The second-order valence-electron chi connectivity index (χ2n) is 3.67. The minimum Gasteiger partial charge on any atom is -0.390 e. The van der Waals surface area contributed by atoms with Crippen LogP contribution < -0.4 is 0 Å². The van der Waals surface area contributed by atoms with Gasteiger partial charge in [-0.25, -0.2) is 0 Å². The Morgan fingerprint density at radius 1 is 1.64 bits per heavy atom. The molecule has 0 fully saturated rings. The zero-order valence-electron chi connectivity index (χ0n) is 7.72. The highest BCUT2D eigenvalue weighted by Gasteiger charge is 2.15. The largest absolute Gasteiger partial charge is 0.390 e. The first-order valence-corrected chi connectivity index (χ1v) is 3.89. The van der Waals surface area contributed by atoms with Gasteiger partial charge in [0.15, 0.2) is 0 Å². The van der Waals surface area contributed by atoms with E-state index in [1.807, 2.05) is 13.0 Å². The van der Waals surface area contributed by atoms with E-state index < -0.39 is 5.60 Å². The highest BCUT2D eigenvalue weighted by atomic mass is 16.3. The van der Waals surface area contributed by atoms with Crippen molar-refractivity contribution in [2.24, 2.45) is 5.92 Å². The molecule has 0 spiro atoms. The van der Waals surface area contributed by atoms with Crippen molar-refractivity contribution in [2.75, 3.05) is 0 Å². The van der Waals surface area contributed by atoms with Crippen LogP contribution in [-0.2, 0) is 0 Å². The molecule has 0 aliphatic heterocycles. The summed E-state index contributed by atoms with van der Waals surface area (Å²) in [6.45, 7) is 13.1. The Morgan fingerprint density at radius 2 is 2.09 bits per heavy atom. The van der Waals surface area contributed by atoms with Gasteiger partial charge in [0.1, 0.15) is 0 Å². The summed E-state index contributed by atoms with van der Waals surface area (Å²) < 4.78 is 0. The van der Waals surface area contributed by atoms with Gasteiger partial charge < -0.3 is 5.11 Å². The quantitative estimate of drug-likeness (QED) is 0.617. The van der Waals surface area contributed by atoms with Gasteiger partial charge in [-0.2, -0.15) is 0 Å². The Morgan fingerprint density at radius 3 is 2.36 bits per heavy atom. The smallest absolute Gasteiger partial charge is 0.0628 e. The van der Waals surface area contributed by atoms with Gasteiger partial charge in [0.05, 0.1) is 5.60 Å². The van der Waals surface area contributed by atoms with Gasteiger partial charge in [-0.1, -0.05) is 25.2 Å². The monoisotopic (exact) mass is 154 g/mol. The van der Waals surface area contributed by atoms with Crippen molar-refractivity contribution >= 4 is 0 Å². The Bertz CT molecular complexity index is 151. The van der Waals surface area contributed by atoms with Crippen molar-refractivity contribution in [1.29, 1.82) is 0 Å². The van der Waals surface area contributed by atoms with Gasteiger partial charge in [-0.05, 0) is 26.2 Å². The van der Waals surface area contributed by atoms with E-state index in [9.17, 15) is 5.11 Å². The number of hydrogen-bond acceptors (Lipinski definition) is 1. The van der Waals surface area contributed by atoms with Crippen LogP contribution in [0.1, 0.15) is 27.2 Å². The molecule has 0 aliphatic carbocycles. The molecule has 1 nitrogen and oxygen atoms in total. The number of aliphatic hydroxyl groups is 1. The van der Waals surface area contributed by atoms with Crippen LogP contribution >= 0.6 is 0 Å². The molecule has 64 valence electrons. The van der Waals surface area contributed by atoms with Crippen molar-refractivity contribution in [1.82, 2.24) is 0 Å². The second-order valence-corrected chi connectivity index (χ2v) is 3.67. The molecule has 0 aliphatic rings. The Kier molecular flexibility index (Phi) is 3.53. The van der Waals surface area contributed by atoms with E-state index in [1.54, 1.807) is 13.8 Å². The van der Waals surface area contributed by atoms with Crippen LogP contribution in [0.5, 0.6) is 0 Å². The maximum Gasteiger partial charge on any atom is 0.0628 e. The summed E-state index contributed by atoms with van der Waals surface area (Å²) in [5.41, 5.74) is 0.390. The third kappa shape index (κ3) is 4.79. The van der Waals surface area contributed by atoms with Crippen molar-refractivity contribution in [3.05, 3.63) is 24.8 Å². The molecule has 0 saturated carbocycles. The molecule has 1 atom stereocenters. The van der Waals surface area contributed by atoms with Gasteiger partial charge in [-0.15, -0.1) is 6.58 Å². The summed E-state index contributed by atoms with van der Waals surface area (Å²) in [6.07, 6.45) is 2.48. The summed E-state index contributed by atoms with van der Waals surface area (Å²) in [5.74, 6) is 0.293. The van der Waals surface area contributed by atoms with Crippen LogP contribution in [-0.4, -0.2) is 10.7 Å². The second kappa shape index (κ2) is 3.72. The molecule has 1 unspecified atom stereocenters. The normalized spacial score (nSPS) is 14.2. The van der Waals surface area contributed by atoms with Crippen LogP contribution in [0.2, 0.25) is 0 Å². The Labute approximate surface area is 69.4 Å². The third-order valence-corrected chi connectivity index (χ3v) is 1.66. The lowest BCUT2D eigenvalue weighted by molar-refractivity contribution is 0.0793. The molecule has 0 rings (SSSR count). The topological polar surface area (TPSA) is 20.2 Å².